The quantitative estimate of drug-likeness (QED) is 0.252. The van der Waals surface area contributed by atoms with E-state index in [1.165, 1.54) is 16.3 Å². The van der Waals surface area contributed by atoms with Crippen molar-refractivity contribution in [1.82, 2.24) is 14.9 Å². The first-order valence-electron chi connectivity index (χ1n) is 11.9. The summed E-state index contributed by atoms with van der Waals surface area (Å²) in [5, 5.41) is 4.43. The van der Waals surface area contributed by atoms with Crippen molar-refractivity contribution in [2.45, 2.75) is 30.4 Å². The minimum atomic E-state index is -0.251. The molecule has 0 aliphatic carbocycles. The number of hydrogen-bond donors (Lipinski definition) is 1. The molecule has 0 saturated heterocycles. The molecule has 0 atom stereocenters. The Kier molecular flexibility index (Phi) is 6.73. The van der Waals surface area contributed by atoms with E-state index in [4.69, 9.17) is 35.5 Å². The summed E-state index contributed by atoms with van der Waals surface area (Å²) in [6, 6.07) is 16.4. The average Bonchev–Trinajstić information content (AvgIpc) is 3.59. The lowest BCUT2D eigenvalue weighted by atomic mass is 10.2. The van der Waals surface area contributed by atoms with Crippen LogP contribution < -0.4 is 29.8 Å². The monoisotopic (exact) mass is 551 g/mol. The van der Waals surface area contributed by atoms with Crippen molar-refractivity contribution in [3.63, 3.8) is 0 Å². The maximum absolute atomic E-state index is 13.6. The Morgan fingerprint density at radius 2 is 1.71 bits per heavy atom. The highest BCUT2D eigenvalue weighted by molar-refractivity contribution is 7.98. The highest BCUT2D eigenvalue weighted by Gasteiger charge is 2.20. The SMILES string of the molecule is O=C(CCn1c(SCc2ccccc2Cl)nc2cc3c(cc2c1=O)OCO3)NCc1ccc2c(c1)OCO2. The van der Waals surface area contributed by atoms with Gasteiger partial charge in [0.25, 0.3) is 5.56 Å². The van der Waals surface area contributed by atoms with Gasteiger partial charge in [-0.1, -0.05) is 47.6 Å². The summed E-state index contributed by atoms with van der Waals surface area (Å²) in [7, 11) is 0. The molecule has 0 radical (unpaired) electrons. The van der Waals surface area contributed by atoms with E-state index in [0.29, 0.717) is 56.4 Å². The summed E-state index contributed by atoms with van der Waals surface area (Å²) in [6.45, 7) is 0.780. The van der Waals surface area contributed by atoms with Crippen LogP contribution in [0.15, 0.2) is 64.5 Å². The standard InChI is InChI=1S/C27H22ClN3O6S/c28-19-4-2-1-3-17(19)13-38-27-30-20-11-24-23(36-15-37-24)10-18(20)26(33)31(27)8-7-25(32)29-12-16-5-6-21-22(9-16)35-14-34-21/h1-6,9-11H,7-8,12-15H2,(H,29,32). The smallest absolute Gasteiger partial charge is 0.262 e. The van der Waals surface area contributed by atoms with E-state index in [1.807, 2.05) is 42.5 Å². The van der Waals surface area contributed by atoms with Crippen molar-refractivity contribution in [3.8, 4) is 23.0 Å². The first-order valence-corrected chi connectivity index (χ1v) is 13.3. The van der Waals surface area contributed by atoms with Gasteiger partial charge in [0.15, 0.2) is 28.2 Å². The van der Waals surface area contributed by atoms with Gasteiger partial charge in [-0.2, -0.15) is 0 Å². The number of benzene rings is 3. The van der Waals surface area contributed by atoms with Crippen LogP contribution >= 0.6 is 23.4 Å². The first kappa shape index (κ1) is 24.4. The maximum atomic E-state index is 13.6. The number of hydrogen-bond acceptors (Lipinski definition) is 8. The second kappa shape index (κ2) is 10.5. The lowest BCUT2D eigenvalue weighted by molar-refractivity contribution is -0.121. The molecule has 3 aromatic carbocycles. The summed E-state index contributed by atoms with van der Waals surface area (Å²) in [4.78, 5) is 31.0. The molecular formula is C27H22ClN3O6S. The highest BCUT2D eigenvalue weighted by Crippen LogP contribution is 2.36. The fraction of sp³-hybridized carbons (Fsp3) is 0.222. The molecule has 38 heavy (non-hydrogen) atoms. The molecule has 1 N–H and O–H groups in total. The van der Waals surface area contributed by atoms with Crippen molar-refractivity contribution < 1.29 is 23.7 Å². The molecule has 6 rings (SSSR count). The largest absolute Gasteiger partial charge is 0.454 e. The average molecular weight is 552 g/mol. The van der Waals surface area contributed by atoms with Crippen LogP contribution in [0, 0.1) is 0 Å². The van der Waals surface area contributed by atoms with Gasteiger partial charge in [-0.25, -0.2) is 4.98 Å². The summed E-state index contributed by atoms with van der Waals surface area (Å²) in [5.74, 6) is 2.72. The third-order valence-electron chi connectivity index (χ3n) is 6.22. The zero-order valence-electron chi connectivity index (χ0n) is 20.1. The number of nitrogens with one attached hydrogen (secondary N) is 1. The topological polar surface area (TPSA) is 101 Å². The lowest BCUT2D eigenvalue weighted by Gasteiger charge is -2.14. The van der Waals surface area contributed by atoms with E-state index in [9.17, 15) is 9.59 Å². The van der Waals surface area contributed by atoms with Crippen LogP contribution in [0.4, 0.5) is 0 Å². The van der Waals surface area contributed by atoms with Crippen molar-refractivity contribution in [3.05, 3.63) is 81.1 Å². The molecule has 194 valence electrons. The van der Waals surface area contributed by atoms with Gasteiger partial charge in [-0.05, 0) is 35.4 Å². The summed E-state index contributed by atoms with van der Waals surface area (Å²) < 4.78 is 23.2. The third-order valence-corrected chi connectivity index (χ3v) is 7.61. The molecule has 0 unspecified atom stereocenters. The highest BCUT2D eigenvalue weighted by atomic mass is 35.5. The van der Waals surface area contributed by atoms with Crippen molar-refractivity contribution in [2.75, 3.05) is 13.6 Å². The second-order valence-electron chi connectivity index (χ2n) is 8.67. The Hall–Kier alpha value is -3.89. The molecule has 0 fully saturated rings. The van der Waals surface area contributed by atoms with Gasteiger partial charge >= 0.3 is 0 Å². The number of fused-ring (bicyclic) bond motifs is 3. The molecule has 11 heteroatoms. The van der Waals surface area contributed by atoms with Crippen LogP contribution in [0.3, 0.4) is 0 Å². The molecular weight excluding hydrogens is 530 g/mol. The fourth-order valence-corrected chi connectivity index (χ4v) is 5.52. The molecule has 2 aliphatic heterocycles. The Balaban J connectivity index is 1.22. The van der Waals surface area contributed by atoms with Gasteiger partial charge in [0.1, 0.15) is 0 Å². The molecule has 1 amide bonds. The van der Waals surface area contributed by atoms with Crippen molar-refractivity contribution >= 4 is 40.2 Å². The number of carbonyl (C=O) groups excluding carboxylic acids is 1. The van der Waals surface area contributed by atoms with Gasteiger partial charge in [0, 0.05) is 36.4 Å². The molecule has 0 bridgehead atoms. The molecule has 9 nitrogen and oxygen atoms in total. The van der Waals surface area contributed by atoms with Crippen LogP contribution in [0.1, 0.15) is 17.5 Å². The molecule has 0 saturated carbocycles. The second-order valence-corrected chi connectivity index (χ2v) is 10.0. The van der Waals surface area contributed by atoms with Crippen molar-refractivity contribution in [1.29, 1.82) is 0 Å². The zero-order chi connectivity index (χ0) is 26.1. The van der Waals surface area contributed by atoms with Gasteiger partial charge in [0.2, 0.25) is 19.5 Å². The summed E-state index contributed by atoms with van der Waals surface area (Å²) >= 11 is 7.73. The Bertz CT molecular complexity index is 1610. The molecule has 0 spiro atoms. The first-order chi connectivity index (χ1) is 18.5. The van der Waals surface area contributed by atoms with Gasteiger partial charge in [-0.15, -0.1) is 0 Å². The van der Waals surface area contributed by atoms with Crippen LogP contribution in [0.5, 0.6) is 23.0 Å². The van der Waals surface area contributed by atoms with E-state index in [0.717, 1.165) is 11.1 Å². The Labute approximate surface area is 226 Å². The molecule has 3 heterocycles. The number of rotatable bonds is 8. The summed E-state index contributed by atoms with van der Waals surface area (Å²) in [6.07, 6.45) is 0.0991. The van der Waals surface area contributed by atoms with Crippen LogP contribution in [-0.2, 0) is 23.6 Å². The van der Waals surface area contributed by atoms with Crippen molar-refractivity contribution in [2.24, 2.45) is 0 Å². The zero-order valence-corrected chi connectivity index (χ0v) is 21.6. The maximum Gasteiger partial charge on any atom is 0.262 e. The Morgan fingerprint density at radius 3 is 2.53 bits per heavy atom. The van der Waals surface area contributed by atoms with Crippen LogP contribution in [0.2, 0.25) is 5.02 Å². The van der Waals surface area contributed by atoms with E-state index in [-0.39, 0.29) is 38.0 Å². The fourth-order valence-electron chi connectivity index (χ4n) is 4.21. The Morgan fingerprint density at radius 1 is 0.974 bits per heavy atom. The summed E-state index contributed by atoms with van der Waals surface area (Å²) in [5.41, 5.74) is 2.06. The van der Waals surface area contributed by atoms with Gasteiger partial charge in [0.05, 0.1) is 10.9 Å². The van der Waals surface area contributed by atoms with E-state index in [1.54, 1.807) is 12.1 Å². The number of nitrogens with zero attached hydrogens (tertiary/aromatic N) is 2. The lowest BCUT2D eigenvalue weighted by Crippen LogP contribution is -2.28. The van der Waals surface area contributed by atoms with Gasteiger partial charge in [-0.3, -0.25) is 14.2 Å². The number of carbonyl (C=O) groups is 1. The number of thioether (sulfide) groups is 1. The molecule has 2 aliphatic rings. The minimum absolute atomic E-state index is 0.0947. The van der Waals surface area contributed by atoms with E-state index >= 15 is 0 Å². The number of aromatic nitrogens is 2. The van der Waals surface area contributed by atoms with Crippen LogP contribution in [-0.4, -0.2) is 29.0 Å². The van der Waals surface area contributed by atoms with Crippen LogP contribution in [0.25, 0.3) is 10.9 Å². The number of halogens is 1. The predicted octanol–water partition coefficient (Wildman–Crippen LogP) is 4.51. The predicted molar refractivity (Wildman–Crippen MR) is 142 cm³/mol. The molecule has 4 aromatic rings. The normalized spacial score (nSPS) is 13.2. The minimum Gasteiger partial charge on any atom is -0.454 e. The van der Waals surface area contributed by atoms with Gasteiger partial charge < -0.3 is 24.3 Å². The van der Waals surface area contributed by atoms with E-state index < -0.39 is 0 Å². The third kappa shape index (κ3) is 4.97. The van der Waals surface area contributed by atoms with E-state index in [2.05, 4.69) is 5.32 Å². The molecule has 1 aromatic heterocycles. The number of amides is 1. The number of ether oxygens (including phenoxy) is 4.